The lowest BCUT2D eigenvalue weighted by Crippen LogP contribution is -2.45. The molecule has 0 saturated carbocycles. The molecule has 5 nitrogen and oxygen atoms in total. The quantitative estimate of drug-likeness (QED) is 0.486. The Morgan fingerprint density at radius 1 is 0.867 bits per heavy atom. The van der Waals surface area contributed by atoms with E-state index in [0.717, 1.165) is 5.56 Å². The molecule has 0 spiro atoms. The third-order valence-corrected chi connectivity index (χ3v) is 6.50. The lowest BCUT2D eigenvalue weighted by Gasteiger charge is -2.19. The van der Waals surface area contributed by atoms with Crippen molar-refractivity contribution in [2.75, 3.05) is 5.32 Å². The van der Waals surface area contributed by atoms with Gasteiger partial charge < -0.3 is 5.32 Å². The number of nitrogens with one attached hydrogen (secondary N) is 2. The van der Waals surface area contributed by atoms with Crippen LogP contribution in [-0.2, 0) is 21.2 Å². The van der Waals surface area contributed by atoms with Gasteiger partial charge in [-0.25, -0.2) is 8.42 Å². The van der Waals surface area contributed by atoms with Gasteiger partial charge in [-0.1, -0.05) is 65.1 Å². The molecule has 3 rings (SSSR count). The van der Waals surface area contributed by atoms with E-state index >= 15 is 0 Å². The molecule has 3 aromatic rings. The molecule has 0 fully saturated rings. The number of amides is 1. The topological polar surface area (TPSA) is 75.3 Å². The lowest BCUT2D eigenvalue weighted by molar-refractivity contribution is -0.117. The summed E-state index contributed by atoms with van der Waals surface area (Å²) in [4.78, 5) is 13.0. The summed E-state index contributed by atoms with van der Waals surface area (Å²) in [6.07, 6.45) is 0.144. The van der Waals surface area contributed by atoms with Crippen molar-refractivity contribution in [3.8, 4) is 0 Å². The Morgan fingerprint density at radius 3 is 2.13 bits per heavy atom. The van der Waals surface area contributed by atoms with Gasteiger partial charge in [0.25, 0.3) is 0 Å². The zero-order valence-electron chi connectivity index (χ0n) is 15.5. The van der Waals surface area contributed by atoms with E-state index in [-0.39, 0.29) is 16.3 Å². The van der Waals surface area contributed by atoms with Crippen LogP contribution in [0.3, 0.4) is 0 Å². The Kier molecular flexibility index (Phi) is 7.39. The van der Waals surface area contributed by atoms with E-state index in [9.17, 15) is 13.2 Å². The van der Waals surface area contributed by atoms with Gasteiger partial charge >= 0.3 is 0 Å². The summed E-state index contributed by atoms with van der Waals surface area (Å²) >= 11 is 17.9. The Balaban J connectivity index is 1.87. The molecule has 9 heteroatoms. The van der Waals surface area contributed by atoms with E-state index in [1.54, 1.807) is 12.1 Å². The predicted octanol–water partition coefficient (Wildman–Crippen LogP) is 5.18. The van der Waals surface area contributed by atoms with Crippen LogP contribution in [-0.4, -0.2) is 20.4 Å². The highest BCUT2D eigenvalue weighted by molar-refractivity contribution is 7.89. The minimum atomic E-state index is -3.97. The lowest BCUT2D eigenvalue weighted by atomic mass is 10.1. The molecular weight excluding hydrogens is 467 g/mol. The first-order valence-electron chi connectivity index (χ1n) is 8.82. The highest BCUT2D eigenvalue weighted by Crippen LogP contribution is 2.26. The minimum absolute atomic E-state index is 0.00212. The van der Waals surface area contributed by atoms with Crippen molar-refractivity contribution in [3.05, 3.63) is 93.4 Å². The number of carbonyl (C=O) groups excluding carboxylic acids is 1. The zero-order chi connectivity index (χ0) is 21.7. The normalized spacial score (nSPS) is 12.4. The molecule has 0 unspecified atom stereocenters. The van der Waals surface area contributed by atoms with Gasteiger partial charge in [0.15, 0.2) is 0 Å². The zero-order valence-corrected chi connectivity index (χ0v) is 18.6. The fourth-order valence-electron chi connectivity index (χ4n) is 2.72. The highest BCUT2D eigenvalue weighted by atomic mass is 35.5. The fraction of sp³-hybridized carbons (Fsp3) is 0.0952. The predicted molar refractivity (Wildman–Crippen MR) is 121 cm³/mol. The Hall–Kier alpha value is -2.09. The molecule has 0 aromatic heterocycles. The standard InChI is InChI=1S/C21H17Cl3N2O3S/c22-15-6-9-17(10-7-15)30(28,29)26-20(12-14-4-2-1-3-5-14)21(27)25-19-11-8-16(23)13-18(19)24/h1-11,13,20,26H,12H2,(H,25,27)/t20-/m1/s1. The minimum Gasteiger partial charge on any atom is -0.323 e. The van der Waals surface area contributed by atoms with Crippen molar-refractivity contribution in [2.45, 2.75) is 17.4 Å². The van der Waals surface area contributed by atoms with Crippen LogP contribution in [0, 0.1) is 0 Å². The van der Waals surface area contributed by atoms with Crippen LogP contribution < -0.4 is 10.0 Å². The van der Waals surface area contributed by atoms with E-state index in [1.807, 2.05) is 30.3 Å². The average molecular weight is 484 g/mol. The first-order chi connectivity index (χ1) is 14.2. The van der Waals surface area contributed by atoms with Crippen LogP contribution in [0.25, 0.3) is 0 Å². The summed E-state index contributed by atoms with van der Waals surface area (Å²) in [6, 6.07) is 18.3. The van der Waals surface area contributed by atoms with Gasteiger partial charge in [-0.05, 0) is 54.4 Å². The summed E-state index contributed by atoms with van der Waals surface area (Å²) < 4.78 is 28.1. The van der Waals surface area contributed by atoms with Gasteiger partial charge in [0.1, 0.15) is 6.04 Å². The number of halogens is 3. The second kappa shape index (κ2) is 9.81. The van der Waals surface area contributed by atoms with Crippen LogP contribution in [0.15, 0.2) is 77.7 Å². The van der Waals surface area contributed by atoms with Crippen LogP contribution in [0.4, 0.5) is 5.69 Å². The first kappa shape index (κ1) is 22.6. The summed E-state index contributed by atoms with van der Waals surface area (Å²) in [5.41, 5.74) is 1.12. The van der Waals surface area contributed by atoms with Crippen molar-refractivity contribution in [1.29, 1.82) is 0 Å². The van der Waals surface area contributed by atoms with E-state index in [4.69, 9.17) is 34.8 Å². The molecule has 0 radical (unpaired) electrons. The Morgan fingerprint density at radius 2 is 1.50 bits per heavy atom. The molecule has 1 amide bonds. The molecule has 2 N–H and O–H groups in total. The third kappa shape index (κ3) is 5.97. The van der Waals surface area contributed by atoms with Crippen LogP contribution in [0.1, 0.15) is 5.56 Å². The van der Waals surface area contributed by atoms with E-state index < -0.39 is 22.0 Å². The smallest absolute Gasteiger partial charge is 0.242 e. The molecule has 1 atom stereocenters. The average Bonchev–Trinajstić information content (AvgIpc) is 2.70. The molecule has 0 heterocycles. The highest BCUT2D eigenvalue weighted by Gasteiger charge is 2.26. The second-order valence-corrected chi connectivity index (χ2v) is 9.42. The maximum Gasteiger partial charge on any atom is 0.242 e. The van der Waals surface area contributed by atoms with Gasteiger partial charge in [-0.15, -0.1) is 0 Å². The summed E-state index contributed by atoms with van der Waals surface area (Å²) in [7, 11) is -3.97. The summed E-state index contributed by atoms with van der Waals surface area (Å²) in [5.74, 6) is -0.555. The summed E-state index contributed by atoms with van der Waals surface area (Å²) in [5, 5.41) is 3.73. The van der Waals surface area contributed by atoms with Crippen LogP contribution in [0.2, 0.25) is 15.1 Å². The largest absolute Gasteiger partial charge is 0.323 e. The third-order valence-electron chi connectivity index (χ3n) is 4.21. The maximum absolute atomic E-state index is 13.0. The Labute approximate surface area is 190 Å². The van der Waals surface area contributed by atoms with Gasteiger partial charge in [-0.2, -0.15) is 4.72 Å². The molecule has 0 saturated heterocycles. The molecule has 30 heavy (non-hydrogen) atoms. The maximum atomic E-state index is 13.0. The van der Waals surface area contributed by atoms with Crippen molar-refractivity contribution in [3.63, 3.8) is 0 Å². The molecule has 0 aliphatic heterocycles. The number of carbonyl (C=O) groups is 1. The number of sulfonamides is 1. The number of hydrogen-bond donors (Lipinski definition) is 2. The van der Waals surface area contributed by atoms with Crippen molar-refractivity contribution >= 4 is 56.4 Å². The van der Waals surface area contributed by atoms with Crippen LogP contribution >= 0.6 is 34.8 Å². The summed E-state index contributed by atoms with van der Waals surface area (Å²) in [6.45, 7) is 0. The number of benzene rings is 3. The van der Waals surface area contributed by atoms with E-state index in [2.05, 4.69) is 10.0 Å². The van der Waals surface area contributed by atoms with Gasteiger partial charge in [-0.3, -0.25) is 4.79 Å². The molecule has 156 valence electrons. The number of anilines is 1. The molecule has 0 aliphatic carbocycles. The van der Waals surface area contributed by atoms with Crippen LogP contribution in [0.5, 0.6) is 0 Å². The number of rotatable bonds is 7. The van der Waals surface area contributed by atoms with E-state index in [1.165, 1.54) is 30.3 Å². The second-order valence-electron chi connectivity index (χ2n) is 6.43. The Bertz CT molecular complexity index is 1140. The first-order valence-corrected chi connectivity index (χ1v) is 11.4. The monoisotopic (exact) mass is 482 g/mol. The molecular formula is C21H17Cl3N2O3S. The van der Waals surface area contributed by atoms with Crippen molar-refractivity contribution in [2.24, 2.45) is 0 Å². The van der Waals surface area contributed by atoms with E-state index in [0.29, 0.717) is 15.7 Å². The fourth-order valence-corrected chi connectivity index (χ4v) is 4.49. The van der Waals surface area contributed by atoms with Gasteiger partial charge in [0.05, 0.1) is 15.6 Å². The number of hydrogen-bond acceptors (Lipinski definition) is 3. The molecule has 0 bridgehead atoms. The SMILES string of the molecule is O=C(Nc1ccc(Cl)cc1Cl)[C@@H](Cc1ccccc1)NS(=O)(=O)c1ccc(Cl)cc1. The molecule has 3 aromatic carbocycles. The van der Waals surface area contributed by atoms with Gasteiger partial charge in [0.2, 0.25) is 15.9 Å². The van der Waals surface area contributed by atoms with Crippen molar-refractivity contribution < 1.29 is 13.2 Å². The van der Waals surface area contributed by atoms with Gasteiger partial charge in [0, 0.05) is 10.0 Å². The van der Waals surface area contributed by atoms with Crippen molar-refractivity contribution in [1.82, 2.24) is 4.72 Å². The molecule has 0 aliphatic rings.